The van der Waals surface area contributed by atoms with Crippen molar-refractivity contribution >= 4 is 44.0 Å². The van der Waals surface area contributed by atoms with Crippen molar-refractivity contribution in [1.29, 1.82) is 0 Å². The molecule has 0 saturated carbocycles. The topological polar surface area (TPSA) is 122 Å². The quantitative estimate of drug-likeness (QED) is 0.840. The van der Waals surface area contributed by atoms with Gasteiger partial charge in [0, 0.05) is 16.9 Å². The Balaban J connectivity index is 2.28. The molecule has 0 bridgehead atoms. The molecule has 0 unspecified atom stereocenters. The molecule has 8 nitrogen and oxygen atoms in total. The van der Waals surface area contributed by atoms with Crippen LogP contribution in [0.5, 0.6) is 0 Å². The van der Waals surface area contributed by atoms with Crippen molar-refractivity contribution in [2.24, 2.45) is 0 Å². The van der Waals surface area contributed by atoms with E-state index in [-0.39, 0.29) is 14.9 Å². The van der Waals surface area contributed by atoms with Crippen molar-refractivity contribution in [3.63, 3.8) is 0 Å². The number of aromatic nitrogens is 3. The molecular formula is C6H4N4O4S3. The predicted octanol–water partition coefficient (Wildman–Crippen LogP) is 0.494. The molecule has 2 aromatic rings. The van der Waals surface area contributed by atoms with E-state index in [0.29, 0.717) is 0 Å². The molecule has 0 spiro atoms. The van der Waals surface area contributed by atoms with Gasteiger partial charge in [-0.25, -0.2) is 13.2 Å². The maximum Gasteiger partial charge on any atom is 0.336 e. The van der Waals surface area contributed by atoms with E-state index >= 15 is 0 Å². The molecule has 11 heteroatoms. The number of rotatable bonds is 4. The third kappa shape index (κ3) is 2.57. The Bertz CT molecular complexity index is 632. The molecule has 0 aliphatic carbocycles. The van der Waals surface area contributed by atoms with Crippen molar-refractivity contribution in [2.75, 3.05) is 4.72 Å². The van der Waals surface area contributed by atoms with Gasteiger partial charge in [0.15, 0.2) is 0 Å². The van der Waals surface area contributed by atoms with E-state index in [2.05, 4.69) is 19.5 Å². The number of carboxylic acid groups (broad SMARTS) is 1. The largest absolute Gasteiger partial charge is 0.478 e. The zero-order valence-electron chi connectivity index (χ0n) is 7.89. The SMILES string of the molecule is O=C(O)c1csc(S(=O)(=O)Nc2nnns2)c1. The van der Waals surface area contributed by atoms with Crippen LogP contribution in [0.1, 0.15) is 10.4 Å². The summed E-state index contributed by atoms with van der Waals surface area (Å²) in [5.74, 6) is -1.18. The van der Waals surface area contributed by atoms with E-state index in [0.717, 1.165) is 28.9 Å². The summed E-state index contributed by atoms with van der Waals surface area (Å²) in [5.41, 5.74) is -0.0780. The number of hydrogen-bond acceptors (Lipinski definition) is 8. The Morgan fingerprint density at radius 1 is 1.47 bits per heavy atom. The second-order valence-electron chi connectivity index (χ2n) is 2.73. The zero-order valence-corrected chi connectivity index (χ0v) is 10.3. The Hall–Kier alpha value is -1.59. The summed E-state index contributed by atoms with van der Waals surface area (Å²) >= 11 is 1.59. The lowest BCUT2D eigenvalue weighted by atomic mass is 10.4. The fourth-order valence-corrected chi connectivity index (χ4v) is 3.65. The Morgan fingerprint density at radius 3 is 2.76 bits per heavy atom. The maximum absolute atomic E-state index is 11.8. The summed E-state index contributed by atoms with van der Waals surface area (Å²) in [6.45, 7) is 0. The van der Waals surface area contributed by atoms with Crippen LogP contribution in [-0.4, -0.2) is 34.3 Å². The molecule has 0 atom stereocenters. The molecule has 2 heterocycles. The molecule has 0 amide bonds. The molecule has 2 aromatic heterocycles. The molecule has 0 radical (unpaired) electrons. The van der Waals surface area contributed by atoms with Crippen molar-refractivity contribution < 1.29 is 18.3 Å². The number of aromatic carboxylic acids is 1. The molecule has 17 heavy (non-hydrogen) atoms. The first-order chi connectivity index (χ1) is 7.99. The third-order valence-corrected chi connectivity index (χ3v) is 5.03. The summed E-state index contributed by atoms with van der Waals surface area (Å²) < 4.78 is 28.9. The van der Waals surface area contributed by atoms with Crippen molar-refractivity contribution in [3.8, 4) is 0 Å². The van der Waals surface area contributed by atoms with Crippen LogP contribution in [0.15, 0.2) is 15.7 Å². The second kappa shape index (κ2) is 4.35. The van der Waals surface area contributed by atoms with E-state index in [1.54, 1.807) is 0 Å². The number of hydrogen-bond donors (Lipinski definition) is 2. The van der Waals surface area contributed by atoms with Crippen LogP contribution >= 0.6 is 22.9 Å². The van der Waals surface area contributed by atoms with Gasteiger partial charge in [-0.3, -0.25) is 4.72 Å². The van der Waals surface area contributed by atoms with Crippen LogP contribution in [-0.2, 0) is 10.0 Å². The molecule has 0 fully saturated rings. The molecule has 0 saturated heterocycles. The summed E-state index contributed by atoms with van der Waals surface area (Å²) in [6, 6.07) is 1.07. The minimum absolute atomic E-state index is 0.0234. The molecule has 90 valence electrons. The van der Waals surface area contributed by atoms with Crippen molar-refractivity contribution in [3.05, 3.63) is 17.0 Å². The minimum Gasteiger partial charge on any atom is -0.478 e. The van der Waals surface area contributed by atoms with E-state index in [1.165, 1.54) is 5.38 Å². The smallest absolute Gasteiger partial charge is 0.336 e. The van der Waals surface area contributed by atoms with Gasteiger partial charge in [-0.05, 0) is 11.3 Å². The number of nitrogens with zero attached hydrogens (tertiary/aromatic N) is 3. The summed E-state index contributed by atoms with van der Waals surface area (Å²) in [4.78, 5) is 10.6. The highest BCUT2D eigenvalue weighted by Crippen LogP contribution is 2.22. The van der Waals surface area contributed by atoms with Gasteiger partial charge in [-0.15, -0.1) is 11.3 Å². The predicted molar refractivity (Wildman–Crippen MR) is 59.8 cm³/mol. The molecule has 2 N–H and O–H groups in total. The van der Waals surface area contributed by atoms with Crippen LogP contribution < -0.4 is 4.72 Å². The normalized spacial score (nSPS) is 11.3. The standard InChI is InChI=1S/C6H4N4O4S3/c11-5(12)3-1-4(15-2-3)17(13,14)8-6-7-9-10-16-6/h1-2H,(H,11,12)(H,7,8,10). The Labute approximate surface area is 103 Å². The first-order valence-corrected chi connectivity index (χ1v) is 7.12. The highest BCUT2D eigenvalue weighted by atomic mass is 32.2. The average Bonchev–Trinajstić information content (AvgIpc) is 2.84. The van der Waals surface area contributed by atoms with Gasteiger partial charge < -0.3 is 5.11 Å². The first kappa shape index (κ1) is 11.9. The van der Waals surface area contributed by atoms with Gasteiger partial charge in [-0.1, -0.05) is 9.59 Å². The number of anilines is 1. The zero-order chi connectivity index (χ0) is 12.5. The van der Waals surface area contributed by atoms with Crippen LogP contribution in [0.2, 0.25) is 0 Å². The highest BCUT2D eigenvalue weighted by Gasteiger charge is 2.20. The maximum atomic E-state index is 11.8. The minimum atomic E-state index is -3.82. The second-order valence-corrected chi connectivity index (χ2v) is 6.29. The van der Waals surface area contributed by atoms with Crippen LogP contribution in [0, 0.1) is 0 Å². The molecular weight excluding hydrogens is 288 g/mol. The lowest BCUT2D eigenvalue weighted by Gasteiger charge is -1.99. The number of carboxylic acids is 1. The molecule has 0 aliphatic heterocycles. The highest BCUT2D eigenvalue weighted by molar-refractivity contribution is 7.94. The van der Waals surface area contributed by atoms with Crippen molar-refractivity contribution in [1.82, 2.24) is 14.8 Å². The van der Waals surface area contributed by atoms with Gasteiger partial charge in [0.05, 0.1) is 5.56 Å². The van der Waals surface area contributed by atoms with Gasteiger partial charge in [0.1, 0.15) is 4.21 Å². The average molecular weight is 292 g/mol. The number of sulfonamides is 1. The molecule has 0 aliphatic rings. The number of carbonyl (C=O) groups is 1. The summed E-state index contributed by atoms with van der Waals surface area (Å²) in [6.07, 6.45) is 0. The van der Waals surface area contributed by atoms with E-state index in [1.807, 2.05) is 0 Å². The van der Waals surface area contributed by atoms with Gasteiger partial charge in [0.2, 0.25) is 5.13 Å². The van der Waals surface area contributed by atoms with E-state index in [4.69, 9.17) is 5.11 Å². The fraction of sp³-hybridized carbons (Fsp3) is 0. The third-order valence-electron chi connectivity index (χ3n) is 1.61. The fourth-order valence-electron chi connectivity index (χ4n) is 0.908. The summed E-state index contributed by atoms with van der Waals surface area (Å²) in [7, 11) is -3.82. The van der Waals surface area contributed by atoms with Crippen LogP contribution in [0.3, 0.4) is 0 Å². The Morgan fingerprint density at radius 2 is 2.24 bits per heavy atom. The van der Waals surface area contributed by atoms with E-state index in [9.17, 15) is 13.2 Å². The Kier molecular flexibility index (Phi) is 3.04. The monoisotopic (exact) mass is 292 g/mol. The van der Waals surface area contributed by atoms with Gasteiger partial charge in [0.25, 0.3) is 10.0 Å². The lowest BCUT2D eigenvalue weighted by molar-refractivity contribution is 0.0697. The number of nitrogens with one attached hydrogen (secondary N) is 1. The van der Waals surface area contributed by atoms with Gasteiger partial charge >= 0.3 is 5.97 Å². The summed E-state index contributed by atoms with van der Waals surface area (Å²) in [5, 5.41) is 16.6. The van der Waals surface area contributed by atoms with Crippen LogP contribution in [0.25, 0.3) is 0 Å². The lowest BCUT2D eigenvalue weighted by Crippen LogP contribution is -2.11. The first-order valence-electron chi connectivity index (χ1n) is 3.99. The molecule has 2 rings (SSSR count). The van der Waals surface area contributed by atoms with Crippen molar-refractivity contribution in [2.45, 2.75) is 4.21 Å². The van der Waals surface area contributed by atoms with Gasteiger partial charge in [-0.2, -0.15) is 0 Å². The van der Waals surface area contributed by atoms with E-state index < -0.39 is 16.0 Å². The molecule has 0 aromatic carbocycles. The number of thiophene rings is 1. The van der Waals surface area contributed by atoms with Crippen LogP contribution in [0.4, 0.5) is 5.13 Å².